The standard InChI is InChI=1S/C17H17O2.CH3.U/c18-12-14-11-16(19-15-7-2-1-3-8-15)10-13-6-4-5-9-17(13)14;;/h4-6,9-11,15H,1-3,7-8H2;1H3;/q2*-1;+2. The summed E-state index contributed by atoms with van der Waals surface area (Å²) in [7, 11) is 0. The van der Waals surface area contributed by atoms with Gasteiger partial charge in [-0.25, -0.2) is 0 Å². The van der Waals surface area contributed by atoms with E-state index in [2.05, 4.69) is 0 Å². The molecule has 1 aliphatic rings. The number of hydrogen-bond acceptors (Lipinski definition) is 2. The second-order valence-electron chi connectivity index (χ2n) is 5.17. The Morgan fingerprint density at radius 2 is 1.76 bits per heavy atom. The Balaban J connectivity index is 0.00000110. The summed E-state index contributed by atoms with van der Waals surface area (Å²) >= 11 is 0. The van der Waals surface area contributed by atoms with Gasteiger partial charge in [0.15, 0.2) is 0 Å². The third-order valence-electron chi connectivity index (χ3n) is 3.80. The third kappa shape index (κ3) is 4.35. The second kappa shape index (κ2) is 8.61. The topological polar surface area (TPSA) is 26.3 Å². The molecule has 1 aliphatic carbocycles. The van der Waals surface area contributed by atoms with Crippen LogP contribution in [0.25, 0.3) is 10.8 Å². The first-order chi connectivity index (χ1) is 9.36. The molecule has 3 heteroatoms. The number of benzene rings is 2. The van der Waals surface area contributed by atoms with Gasteiger partial charge in [-0.1, -0.05) is 30.0 Å². The van der Waals surface area contributed by atoms with Crippen molar-refractivity contribution in [2.75, 3.05) is 0 Å². The van der Waals surface area contributed by atoms with Gasteiger partial charge in [0.25, 0.3) is 0 Å². The van der Waals surface area contributed by atoms with Crippen LogP contribution in [-0.2, 0) is 4.79 Å². The zero-order chi connectivity index (χ0) is 13.1. The van der Waals surface area contributed by atoms with E-state index in [4.69, 9.17) is 4.74 Å². The summed E-state index contributed by atoms with van der Waals surface area (Å²) in [6.45, 7) is 0. The Morgan fingerprint density at radius 3 is 2.48 bits per heavy atom. The fraction of sp³-hybridized carbons (Fsp3) is 0.333. The minimum atomic E-state index is 0. The molecule has 0 spiro atoms. The third-order valence-corrected chi connectivity index (χ3v) is 3.80. The number of fused-ring (bicyclic) bond motifs is 1. The van der Waals surface area contributed by atoms with Gasteiger partial charge in [-0.2, -0.15) is 0 Å². The molecule has 0 radical (unpaired) electrons. The van der Waals surface area contributed by atoms with Crippen molar-refractivity contribution >= 4 is 17.1 Å². The van der Waals surface area contributed by atoms with Gasteiger partial charge in [0.1, 0.15) is 0 Å². The van der Waals surface area contributed by atoms with Gasteiger partial charge in [-0.15, -0.1) is 23.1 Å². The molecule has 0 aliphatic heterocycles. The van der Waals surface area contributed by atoms with Crippen LogP contribution in [0.15, 0.2) is 36.4 Å². The average Bonchev–Trinajstić information content (AvgIpc) is 2.47. The van der Waals surface area contributed by atoms with E-state index in [-0.39, 0.29) is 38.5 Å². The van der Waals surface area contributed by atoms with E-state index < -0.39 is 0 Å². The minimum absolute atomic E-state index is 0. The molecule has 1 saturated carbocycles. The van der Waals surface area contributed by atoms with E-state index in [1.165, 1.54) is 19.3 Å². The molecule has 0 saturated heterocycles. The van der Waals surface area contributed by atoms with Crippen molar-refractivity contribution in [3.05, 3.63) is 49.4 Å². The van der Waals surface area contributed by atoms with Crippen molar-refractivity contribution in [1.29, 1.82) is 0 Å². The van der Waals surface area contributed by atoms with Crippen LogP contribution in [0.3, 0.4) is 0 Å². The fourth-order valence-corrected chi connectivity index (χ4v) is 2.81. The van der Waals surface area contributed by atoms with Crippen LogP contribution in [0.2, 0.25) is 0 Å². The summed E-state index contributed by atoms with van der Waals surface area (Å²) in [5.74, 6) is 0.795. The first-order valence-electron chi connectivity index (χ1n) is 6.94. The minimum Gasteiger partial charge on any atom is -0.503 e. The number of hydrogen-bond donors (Lipinski definition) is 0. The van der Waals surface area contributed by atoms with Crippen LogP contribution in [0, 0.1) is 38.5 Å². The maximum Gasteiger partial charge on any atom is 2.00 e. The molecular weight excluding hydrogens is 486 g/mol. The van der Waals surface area contributed by atoms with E-state index in [0.29, 0.717) is 11.7 Å². The largest absolute Gasteiger partial charge is 2.00 e. The fourth-order valence-electron chi connectivity index (χ4n) is 2.81. The smallest absolute Gasteiger partial charge is 0.503 e. The normalized spacial score (nSPS) is 14.9. The molecule has 21 heavy (non-hydrogen) atoms. The Bertz CT molecular complexity index is 589. The van der Waals surface area contributed by atoms with Crippen LogP contribution < -0.4 is 4.74 Å². The van der Waals surface area contributed by atoms with Crippen molar-refractivity contribution < 1.29 is 40.6 Å². The molecule has 0 atom stereocenters. The second-order valence-corrected chi connectivity index (χ2v) is 5.17. The number of ether oxygens (including phenoxy) is 1. The molecule has 108 valence electrons. The van der Waals surface area contributed by atoms with Gasteiger partial charge >= 0.3 is 31.1 Å². The predicted molar refractivity (Wildman–Crippen MR) is 82.7 cm³/mol. The molecular formula is C18H20O2U. The van der Waals surface area contributed by atoms with Gasteiger partial charge in [0, 0.05) is 0 Å². The molecule has 2 aromatic rings. The molecule has 2 aromatic carbocycles. The van der Waals surface area contributed by atoms with Crippen LogP contribution in [0.1, 0.15) is 37.7 Å². The van der Waals surface area contributed by atoms with E-state index in [1.807, 2.05) is 42.7 Å². The molecule has 3 rings (SSSR count). The number of carbonyl (C=O) groups excluding carboxylic acids is 1. The monoisotopic (exact) mass is 506 g/mol. The summed E-state index contributed by atoms with van der Waals surface area (Å²) in [5.41, 5.74) is 0.587. The Kier molecular flexibility index (Phi) is 7.49. The van der Waals surface area contributed by atoms with Crippen LogP contribution in [0.4, 0.5) is 0 Å². The summed E-state index contributed by atoms with van der Waals surface area (Å²) < 4.78 is 6.03. The average molecular weight is 506 g/mol. The Labute approximate surface area is 150 Å². The molecule has 0 aromatic heterocycles. The quantitative estimate of drug-likeness (QED) is 0.575. The zero-order valence-corrected chi connectivity index (χ0v) is 16.6. The molecule has 0 amide bonds. The predicted octanol–water partition coefficient (Wildman–Crippen LogP) is 4.46. The van der Waals surface area contributed by atoms with Crippen molar-refractivity contribution in [3.8, 4) is 5.75 Å². The van der Waals surface area contributed by atoms with Crippen LogP contribution >= 0.6 is 0 Å². The Morgan fingerprint density at radius 1 is 1.05 bits per heavy atom. The van der Waals surface area contributed by atoms with Crippen LogP contribution in [-0.4, -0.2) is 12.4 Å². The molecule has 0 N–H and O–H groups in total. The molecule has 0 unspecified atom stereocenters. The first kappa shape index (κ1) is 18.3. The Hall–Kier alpha value is -0.778. The van der Waals surface area contributed by atoms with Gasteiger partial charge in [-0.05, 0) is 31.7 Å². The SMILES string of the molecule is O=[C-]c1cc(OC2CCCCC2)cc2ccccc12.[CH3-].[U+2]. The maximum absolute atomic E-state index is 11.1. The van der Waals surface area contributed by atoms with Crippen LogP contribution in [0.5, 0.6) is 5.75 Å². The summed E-state index contributed by atoms with van der Waals surface area (Å²) in [6, 6.07) is 11.7. The molecule has 0 heterocycles. The van der Waals surface area contributed by atoms with E-state index in [0.717, 1.165) is 29.4 Å². The van der Waals surface area contributed by atoms with Crippen molar-refractivity contribution in [2.45, 2.75) is 38.2 Å². The summed E-state index contributed by atoms with van der Waals surface area (Å²) in [5, 5.41) is 1.97. The number of rotatable bonds is 3. The van der Waals surface area contributed by atoms with Crippen molar-refractivity contribution in [1.82, 2.24) is 0 Å². The maximum atomic E-state index is 11.1. The summed E-state index contributed by atoms with van der Waals surface area (Å²) in [6.07, 6.45) is 8.35. The van der Waals surface area contributed by atoms with E-state index in [9.17, 15) is 4.79 Å². The first-order valence-corrected chi connectivity index (χ1v) is 6.94. The van der Waals surface area contributed by atoms with E-state index >= 15 is 0 Å². The van der Waals surface area contributed by atoms with Crippen molar-refractivity contribution in [3.63, 3.8) is 0 Å². The van der Waals surface area contributed by atoms with Gasteiger partial charge in [0.05, 0.1) is 18.1 Å². The van der Waals surface area contributed by atoms with Gasteiger partial charge in [-0.3, -0.25) is 0 Å². The van der Waals surface area contributed by atoms with Gasteiger partial charge < -0.3 is 17.0 Å². The zero-order valence-electron chi connectivity index (χ0n) is 12.4. The summed E-state index contributed by atoms with van der Waals surface area (Å²) in [4.78, 5) is 11.1. The molecule has 2 nitrogen and oxygen atoms in total. The molecule has 1 fully saturated rings. The van der Waals surface area contributed by atoms with E-state index in [1.54, 1.807) is 0 Å². The molecule has 0 bridgehead atoms. The van der Waals surface area contributed by atoms with Crippen molar-refractivity contribution in [2.24, 2.45) is 0 Å². The van der Waals surface area contributed by atoms with Gasteiger partial charge in [0.2, 0.25) is 0 Å².